The maximum Gasteiger partial charge on any atom is 0.390 e. The molecule has 6 heteroatoms. The van der Waals surface area contributed by atoms with E-state index in [0.29, 0.717) is 18.7 Å². The van der Waals surface area contributed by atoms with Crippen molar-refractivity contribution in [2.75, 3.05) is 6.54 Å². The van der Waals surface area contributed by atoms with Crippen LogP contribution in [-0.4, -0.2) is 22.5 Å². The van der Waals surface area contributed by atoms with Crippen molar-refractivity contribution in [3.8, 4) is 0 Å². The van der Waals surface area contributed by atoms with Crippen LogP contribution in [0.3, 0.4) is 0 Å². The van der Waals surface area contributed by atoms with Gasteiger partial charge in [0, 0.05) is 18.8 Å². The summed E-state index contributed by atoms with van der Waals surface area (Å²) in [7, 11) is 0. The highest BCUT2D eigenvalue weighted by Gasteiger charge is 2.32. The molecular weight excluding hydrogens is 279 g/mol. The number of halogens is 3. The summed E-state index contributed by atoms with van der Waals surface area (Å²) in [6.07, 6.45) is -1.49. The number of rotatable bonds is 6. The van der Waals surface area contributed by atoms with Crippen LogP contribution in [0.1, 0.15) is 23.6 Å². The van der Waals surface area contributed by atoms with Gasteiger partial charge in [-0.1, -0.05) is 30.3 Å². The second-order valence-corrected chi connectivity index (χ2v) is 5.02. The van der Waals surface area contributed by atoms with Gasteiger partial charge in [0.25, 0.3) is 0 Å². The van der Waals surface area contributed by atoms with Crippen LogP contribution >= 0.6 is 0 Å². The summed E-state index contributed by atoms with van der Waals surface area (Å²) in [5, 5.41) is 7.08. The van der Waals surface area contributed by atoms with Crippen molar-refractivity contribution in [2.24, 2.45) is 0 Å². The lowest BCUT2D eigenvalue weighted by Crippen LogP contribution is -2.29. The van der Waals surface area contributed by atoms with Crippen LogP contribution in [0.2, 0.25) is 0 Å². The zero-order valence-electron chi connectivity index (χ0n) is 11.8. The highest BCUT2D eigenvalue weighted by Crippen LogP contribution is 2.29. The molecule has 0 saturated heterocycles. The van der Waals surface area contributed by atoms with Gasteiger partial charge in [-0.15, -0.1) is 0 Å². The number of hydrogen-bond donors (Lipinski definition) is 1. The van der Waals surface area contributed by atoms with Crippen LogP contribution in [0, 0.1) is 6.92 Å². The van der Waals surface area contributed by atoms with Crippen LogP contribution < -0.4 is 5.32 Å². The molecule has 0 spiro atoms. The van der Waals surface area contributed by atoms with Crippen LogP contribution in [-0.2, 0) is 6.54 Å². The normalized spacial score (nSPS) is 13.3. The molecule has 0 aliphatic rings. The molecule has 3 nitrogen and oxygen atoms in total. The molecule has 2 aromatic rings. The number of aromatic nitrogens is 2. The van der Waals surface area contributed by atoms with Gasteiger partial charge in [-0.05, 0) is 18.1 Å². The van der Waals surface area contributed by atoms with Gasteiger partial charge >= 0.3 is 6.18 Å². The lowest BCUT2D eigenvalue weighted by atomic mass is 10.0. The third-order valence-electron chi connectivity index (χ3n) is 3.13. The molecule has 0 amide bonds. The Labute approximate surface area is 121 Å². The topological polar surface area (TPSA) is 29.9 Å². The summed E-state index contributed by atoms with van der Waals surface area (Å²) in [6.45, 7) is 2.89. The zero-order chi connectivity index (χ0) is 15.3. The fourth-order valence-corrected chi connectivity index (χ4v) is 2.17. The highest BCUT2D eigenvalue weighted by atomic mass is 19.4. The summed E-state index contributed by atoms with van der Waals surface area (Å²) < 4.78 is 39.8. The number of nitrogens with one attached hydrogen (secondary N) is 1. The largest absolute Gasteiger partial charge is 0.390 e. The van der Waals surface area contributed by atoms with Gasteiger partial charge in [0.2, 0.25) is 0 Å². The second-order valence-electron chi connectivity index (χ2n) is 5.02. The van der Waals surface area contributed by atoms with Gasteiger partial charge in [0.1, 0.15) is 0 Å². The van der Waals surface area contributed by atoms with Gasteiger partial charge in [-0.25, -0.2) is 0 Å². The Kier molecular flexibility index (Phi) is 5.01. The predicted octanol–water partition coefficient (Wildman–Crippen LogP) is 3.47. The minimum atomic E-state index is -4.20. The minimum absolute atomic E-state index is 0.427. The van der Waals surface area contributed by atoms with E-state index in [0.717, 1.165) is 5.56 Å². The zero-order valence-corrected chi connectivity index (χ0v) is 11.8. The fourth-order valence-electron chi connectivity index (χ4n) is 2.17. The number of aryl methyl sites for hydroxylation is 1. The number of nitrogens with zero attached hydrogens (tertiary/aromatic N) is 2. The Morgan fingerprint density at radius 3 is 2.52 bits per heavy atom. The van der Waals surface area contributed by atoms with E-state index in [4.69, 9.17) is 0 Å². The molecule has 0 radical (unpaired) electrons. The van der Waals surface area contributed by atoms with Gasteiger partial charge in [0.05, 0.1) is 19.2 Å². The summed E-state index contributed by atoms with van der Waals surface area (Å²) in [5.41, 5.74) is 1.68. The first kappa shape index (κ1) is 15.6. The van der Waals surface area contributed by atoms with Crippen molar-refractivity contribution >= 4 is 0 Å². The predicted molar refractivity (Wildman–Crippen MR) is 74.8 cm³/mol. The van der Waals surface area contributed by atoms with E-state index in [1.807, 2.05) is 13.1 Å². The van der Waals surface area contributed by atoms with E-state index in [2.05, 4.69) is 10.4 Å². The van der Waals surface area contributed by atoms with Crippen molar-refractivity contribution in [3.63, 3.8) is 0 Å². The Morgan fingerprint density at radius 1 is 1.24 bits per heavy atom. The van der Waals surface area contributed by atoms with Crippen molar-refractivity contribution in [1.29, 1.82) is 0 Å². The van der Waals surface area contributed by atoms with Crippen LogP contribution in [0.4, 0.5) is 13.2 Å². The average molecular weight is 297 g/mol. The molecule has 1 atom stereocenters. The monoisotopic (exact) mass is 297 g/mol. The molecule has 21 heavy (non-hydrogen) atoms. The van der Waals surface area contributed by atoms with Gasteiger partial charge in [-0.3, -0.25) is 4.68 Å². The summed E-state index contributed by atoms with van der Waals surface area (Å²) in [4.78, 5) is 0. The lowest BCUT2D eigenvalue weighted by Gasteiger charge is -2.20. The molecule has 0 saturated carbocycles. The van der Waals surface area contributed by atoms with E-state index in [-0.39, 0.29) is 0 Å². The first-order valence-electron chi connectivity index (χ1n) is 6.78. The van der Waals surface area contributed by atoms with Crippen molar-refractivity contribution < 1.29 is 13.2 Å². The Morgan fingerprint density at radius 2 is 1.95 bits per heavy atom. The molecule has 0 bridgehead atoms. The number of alkyl halides is 3. The molecule has 0 aliphatic heterocycles. The third kappa shape index (κ3) is 5.23. The molecule has 1 aromatic heterocycles. The summed E-state index contributed by atoms with van der Waals surface area (Å²) in [5.74, 6) is 0. The smallest absolute Gasteiger partial charge is 0.308 e. The highest BCUT2D eigenvalue weighted by molar-refractivity contribution is 5.19. The van der Waals surface area contributed by atoms with Gasteiger partial charge in [0.15, 0.2) is 0 Å². The average Bonchev–Trinajstić information content (AvgIpc) is 2.83. The molecule has 0 fully saturated rings. The van der Waals surface area contributed by atoms with Crippen molar-refractivity contribution in [1.82, 2.24) is 15.1 Å². The van der Waals surface area contributed by atoms with Crippen LogP contribution in [0.25, 0.3) is 0 Å². The maximum absolute atomic E-state index is 12.7. The van der Waals surface area contributed by atoms with E-state index < -0.39 is 18.6 Å². The molecule has 114 valence electrons. The van der Waals surface area contributed by atoms with Crippen LogP contribution in [0.5, 0.6) is 0 Å². The first-order valence-corrected chi connectivity index (χ1v) is 6.78. The summed E-state index contributed by atoms with van der Waals surface area (Å²) in [6, 6.07) is 7.97. The molecule has 0 aliphatic carbocycles. The SMILES string of the molecule is Cc1cnn(CCNC(CC(F)(F)F)c2ccccc2)c1. The van der Waals surface area contributed by atoms with E-state index >= 15 is 0 Å². The number of benzene rings is 1. The molecule has 2 rings (SSSR count). The molecule has 1 aromatic carbocycles. The van der Waals surface area contributed by atoms with E-state index in [9.17, 15) is 13.2 Å². The third-order valence-corrected chi connectivity index (χ3v) is 3.13. The van der Waals surface area contributed by atoms with E-state index in [1.165, 1.54) is 0 Å². The van der Waals surface area contributed by atoms with Gasteiger partial charge in [-0.2, -0.15) is 18.3 Å². The maximum atomic E-state index is 12.7. The molecule has 1 heterocycles. The summed E-state index contributed by atoms with van der Waals surface area (Å²) >= 11 is 0. The second kappa shape index (κ2) is 6.76. The Bertz CT molecular complexity index is 549. The standard InChI is InChI=1S/C15H18F3N3/c1-12-10-20-21(11-12)8-7-19-14(9-15(16,17)18)13-5-3-2-4-6-13/h2-6,10-11,14,19H,7-9H2,1H3. The van der Waals surface area contributed by atoms with Gasteiger partial charge < -0.3 is 5.32 Å². The minimum Gasteiger partial charge on any atom is -0.308 e. The van der Waals surface area contributed by atoms with Crippen molar-refractivity contribution in [3.05, 3.63) is 53.9 Å². The van der Waals surface area contributed by atoms with Crippen molar-refractivity contribution in [2.45, 2.75) is 32.1 Å². The molecule has 1 N–H and O–H groups in total. The number of hydrogen-bond acceptors (Lipinski definition) is 2. The lowest BCUT2D eigenvalue weighted by molar-refractivity contribution is -0.140. The molecular formula is C15H18F3N3. The van der Waals surface area contributed by atoms with Crippen LogP contribution in [0.15, 0.2) is 42.7 Å². The quantitative estimate of drug-likeness (QED) is 0.884. The van der Waals surface area contributed by atoms with E-state index in [1.54, 1.807) is 41.2 Å². The Balaban J connectivity index is 1.96. The fraction of sp³-hybridized carbons (Fsp3) is 0.400. The first-order chi connectivity index (χ1) is 9.94. The Hall–Kier alpha value is -1.82. The molecule has 1 unspecified atom stereocenters.